The molecule has 2 unspecified atom stereocenters. The summed E-state index contributed by atoms with van der Waals surface area (Å²) in [6, 6.07) is 35.1. The summed E-state index contributed by atoms with van der Waals surface area (Å²) < 4.78 is 16.0. The highest BCUT2D eigenvalue weighted by Crippen LogP contribution is 2.25. The van der Waals surface area contributed by atoms with Gasteiger partial charge in [0.2, 0.25) is 0 Å². The number of alkyl carbamates (subject to hydrolysis) is 1. The van der Waals surface area contributed by atoms with Gasteiger partial charge in [-0.25, -0.2) is 4.79 Å². The molecular weight excluding hydrogens is 552 g/mol. The monoisotopic (exact) mass is 600 g/mol. The van der Waals surface area contributed by atoms with E-state index in [9.17, 15) is 4.79 Å². The summed E-state index contributed by atoms with van der Waals surface area (Å²) in [5.74, 6) is 1.59. The van der Waals surface area contributed by atoms with Gasteiger partial charge in [0.05, 0.1) is 31.6 Å². The molecular formula is C36H48N4O4. The Labute approximate surface area is 262 Å². The third-order valence-corrected chi connectivity index (χ3v) is 6.34. The van der Waals surface area contributed by atoms with Gasteiger partial charge in [0, 0.05) is 19.1 Å². The number of nitrogens with two attached hydrogens (primary N) is 1. The summed E-state index contributed by atoms with van der Waals surface area (Å²) in [4.78, 5) is 12.2. The number of hydrogen-bond donors (Lipinski definition) is 4. The topological polar surface area (TPSA) is 107 Å². The fourth-order valence-electron chi connectivity index (χ4n) is 4.22. The minimum absolute atomic E-state index is 0. The van der Waals surface area contributed by atoms with Gasteiger partial charge in [-0.05, 0) is 56.2 Å². The molecule has 0 spiro atoms. The minimum atomic E-state index is -0.540. The van der Waals surface area contributed by atoms with Gasteiger partial charge in [-0.3, -0.25) is 0 Å². The first-order valence-electron chi connectivity index (χ1n) is 14.3. The Morgan fingerprint density at radius 1 is 0.682 bits per heavy atom. The van der Waals surface area contributed by atoms with Crippen molar-refractivity contribution in [2.24, 2.45) is 5.73 Å². The molecule has 1 amide bonds. The lowest BCUT2D eigenvalue weighted by Gasteiger charge is -2.24. The van der Waals surface area contributed by atoms with Gasteiger partial charge in [-0.2, -0.15) is 0 Å². The number of amides is 1. The molecule has 236 valence electrons. The van der Waals surface area contributed by atoms with Crippen LogP contribution in [0.3, 0.4) is 0 Å². The van der Waals surface area contributed by atoms with Crippen LogP contribution in [0.2, 0.25) is 0 Å². The molecule has 0 saturated carbocycles. The van der Waals surface area contributed by atoms with E-state index in [2.05, 4.69) is 16.0 Å². The van der Waals surface area contributed by atoms with Crippen LogP contribution in [0.5, 0.6) is 11.5 Å². The number of carbonyl (C=O) groups excluding carboxylic acids is 1. The van der Waals surface area contributed by atoms with Crippen LogP contribution in [0, 0.1) is 0 Å². The van der Waals surface area contributed by atoms with Crippen molar-refractivity contribution in [3.8, 4) is 11.5 Å². The zero-order chi connectivity index (χ0) is 31.1. The first-order valence-corrected chi connectivity index (χ1v) is 14.3. The normalized spacial score (nSPS) is 11.8. The largest absolute Gasteiger partial charge is 0.495 e. The summed E-state index contributed by atoms with van der Waals surface area (Å²) in [5, 5.41) is 9.58. The van der Waals surface area contributed by atoms with E-state index < -0.39 is 11.7 Å². The van der Waals surface area contributed by atoms with Crippen molar-refractivity contribution < 1.29 is 19.0 Å². The predicted octanol–water partition coefficient (Wildman–Crippen LogP) is 7.82. The maximum Gasteiger partial charge on any atom is 0.408 e. The first-order chi connectivity index (χ1) is 20.7. The van der Waals surface area contributed by atoms with Gasteiger partial charge >= 0.3 is 6.09 Å². The summed E-state index contributed by atoms with van der Waals surface area (Å²) in [6.45, 7) is 6.71. The number of para-hydroxylation sites is 4. The SMILES string of the molecule is C.COc1ccccc1NCC(N)c1ccccc1.COc1ccccc1NCC(NC(=O)OC(C)(C)C)c1ccccc1. The Hall–Kier alpha value is -4.69. The molecule has 0 aliphatic rings. The zero-order valence-corrected chi connectivity index (χ0v) is 25.7. The Morgan fingerprint density at radius 2 is 1.11 bits per heavy atom. The maximum atomic E-state index is 12.2. The molecule has 8 heteroatoms. The van der Waals surface area contributed by atoms with Crippen LogP contribution in [0.4, 0.5) is 16.2 Å². The van der Waals surface area contributed by atoms with Crippen LogP contribution in [-0.4, -0.2) is 39.0 Å². The number of anilines is 2. The third-order valence-electron chi connectivity index (χ3n) is 6.34. The van der Waals surface area contributed by atoms with Crippen molar-refractivity contribution in [1.82, 2.24) is 5.32 Å². The average Bonchev–Trinajstić information content (AvgIpc) is 3.02. The molecule has 4 aromatic rings. The fourth-order valence-corrected chi connectivity index (χ4v) is 4.22. The first kappa shape index (κ1) is 35.5. The lowest BCUT2D eigenvalue weighted by molar-refractivity contribution is 0.0506. The molecule has 5 N–H and O–H groups in total. The average molecular weight is 601 g/mol. The molecule has 8 nitrogen and oxygen atoms in total. The highest BCUT2D eigenvalue weighted by atomic mass is 16.6. The number of nitrogens with one attached hydrogen (secondary N) is 3. The van der Waals surface area contributed by atoms with E-state index in [-0.39, 0.29) is 19.5 Å². The lowest BCUT2D eigenvalue weighted by atomic mass is 10.1. The summed E-state index contributed by atoms with van der Waals surface area (Å²) in [5.41, 5.74) is 9.55. The van der Waals surface area contributed by atoms with E-state index in [0.717, 1.165) is 34.0 Å². The molecule has 2 atom stereocenters. The standard InChI is InChI=1S/C20H26N2O3.C15H18N2O.CH4/c1-20(2,3)25-19(23)22-17(15-10-6-5-7-11-15)14-21-16-12-8-9-13-18(16)24-4;1-18-15-10-6-5-9-14(15)17-11-13(16)12-7-3-2-4-8-12;/h5-13,17,21H,14H2,1-4H3,(H,22,23);2-10,13,17H,11,16H2,1H3;1H4. The minimum Gasteiger partial charge on any atom is -0.495 e. The van der Waals surface area contributed by atoms with Crippen molar-refractivity contribution in [1.29, 1.82) is 0 Å². The van der Waals surface area contributed by atoms with Crippen molar-refractivity contribution in [3.05, 3.63) is 120 Å². The smallest absolute Gasteiger partial charge is 0.408 e. The second-order valence-corrected chi connectivity index (χ2v) is 10.8. The molecule has 0 saturated heterocycles. The lowest BCUT2D eigenvalue weighted by Crippen LogP contribution is -2.37. The molecule has 4 aromatic carbocycles. The van der Waals surface area contributed by atoms with E-state index in [4.69, 9.17) is 19.9 Å². The van der Waals surface area contributed by atoms with E-state index in [1.54, 1.807) is 14.2 Å². The maximum absolute atomic E-state index is 12.2. The Kier molecular flexibility index (Phi) is 14.6. The quantitative estimate of drug-likeness (QED) is 0.139. The summed E-state index contributed by atoms with van der Waals surface area (Å²) in [7, 11) is 3.30. The van der Waals surface area contributed by atoms with Gasteiger partial charge in [-0.1, -0.05) is 92.4 Å². The zero-order valence-electron chi connectivity index (χ0n) is 25.7. The molecule has 0 radical (unpaired) electrons. The second-order valence-electron chi connectivity index (χ2n) is 10.8. The Morgan fingerprint density at radius 3 is 1.59 bits per heavy atom. The number of rotatable bonds is 11. The van der Waals surface area contributed by atoms with Crippen LogP contribution >= 0.6 is 0 Å². The number of ether oxygens (including phenoxy) is 3. The third kappa shape index (κ3) is 11.9. The Balaban J connectivity index is 0.000000315. The van der Waals surface area contributed by atoms with Crippen LogP contribution in [0.1, 0.15) is 51.4 Å². The van der Waals surface area contributed by atoms with Crippen molar-refractivity contribution in [2.75, 3.05) is 37.9 Å². The molecule has 0 heterocycles. The number of benzene rings is 4. The van der Waals surface area contributed by atoms with E-state index in [0.29, 0.717) is 13.1 Å². The second kappa shape index (κ2) is 18.1. The highest BCUT2D eigenvalue weighted by molar-refractivity contribution is 5.68. The van der Waals surface area contributed by atoms with Crippen LogP contribution in [-0.2, 0) is 4.74 Å². The van der Waals surface area contributed by atoms with Gasteiger partial charge in [0.15, 0.2) is 0 Å². The van der Waals surface area contributed by atoms with Gasteiger partial charge < -0.3 is 35.9 Å². The van der Waals surface area contributed by atoms with E-state index in [1.165, 1.54) is 0 Å². The molecule has 0 fully saturated rings. The fraction of sp³-hybridized carbons (Fsp3) is 0.306. The molecule has 4 rings (SSSR count). The van der Waals surface area contributed by atoms with Gasteiger partial charge in [0.1, 0.15) is 17.1 Å². The highest BCUT2D eigenvalue weighted by Gasteiger charge is 2.20. The predicted molar refractivity (Wildman–Crippen MR) is 182 cm³/mol. The molecule has 44 heavy (non-hydrogen) atoms. The molecule has 0 bridgehead atoms. The van der Waals surface area contributed by atoms with Crippen molar-refractivity contribution >= 4 is 17.5 Å². The van der Waals surface area contributed by atoms with Crippen LogP contribution in [0.15, 0.2) is 109 Å². The van der Waals surface area contributed by atoms with E-state index in [1.807, 2.05) is 130 Å². The number of methoxy groups -OCH3 is 2. The molecule has 0 aliphatic heterocycles. The van der Waals surface area contributed by atoms with Crippen molar-refractivity contribution in [3.63, 3.8) is 0 Å². The van der Waals surface area contributed by atoms with Crippen molar-refractivity contribution in [2.45, 2.75) is 45.9 Å². The summed E-state index contributed by atoms with van der Waals surface area (Å²) >= 11 is 0. The molecule has 0 aromatic heterocycles. The Bertz CT molecular complexity index is 1380. The number of hydrogen-bond acceptors (Lipinski definition) is 7. The molecule has 0 aliphatic carbocycles. The van der Waals surface area contributed by atoms with Gasteiger partial charge in [0.25, 0.3) is 0 Å². The van der Waals surface area contributed by atoms with Crippen LogP contribution in [0.25, 0.3) is 0 Å². The van der Waals surface area contributed by atoms with Crippen LogP contribution < -0.4 is 31.2 Å². The van der Waals surface area contributed by atoms with E-state index >= 15 is 0 Å². The van der Waals surface area contributed by atoms with Gasteiger partial charge in [-0.15, -0.1) is 0 Å². The number of carbonyl (C=O) groups is 1. The summed E-state index contributed by atoms with van der Waals surface area (Å²) in [6.07, 6.45) is -0.442.